The summed E-state index contributed by atoms with van der Waals surface area (Å²) < 4.78 is 0. The summed E-state index contributed by atoms with van der Waals surface area (Å²) >= 11 is 0. The molecule has 0 atom stereocenters. The fourth-order valence-electron chi connectivity index (χ4n) is 2.46. The van der Waals surface area contributed by atoms with Gasteiger partial charge in [-0.1, -0.05) is 30.7 Å². The fourth-order valence-corrected chi connectivity index (χ4v) is 2.46. The summed E-state index contributed by atoms with van der Waals surface area (Å²) in [4.78, 5) is 14.5. The molecule has 0 unspecified atom stereocenters. The van der Waals surface area contributed by atoms with Crippen molar-refractivity contribution in [2.45, 2.75) is 32.6 Å². The van der Waals surface area contributed by atoms with Gasteiger partial charge in [-0.15, -0.1) is 0 Å². The van der Waals surface area contributed by atoms with Gasteiger partial charge in [0.2, 0.25) is 0 Å². The second-order valence-electron chi connectivity index (χ2n) is 4.89. The number of rotatable bonds is 4. The maximum absolute atomic E-state index is 12.1. The standard InChI is InChI=1S/C15H21NO/c1-13-7-3-4-8-14(13)15(17)9-12-16-10-5-2-6-11-16/h3-4,7-8H,2,5-6,9-12H2,1H3. The number of Topliss-reactive ketones (excluding diaryl/α,β-unsaturated/α-hetero) is 1. The molecule has 1 heterocycles. The summed E-state index contributed by atoms with van der Waals surface area (Å²) in [6, 6.07) is 7.87. The molecule has 1 aromatic rings. The Kier molecular flexibility index (Phi) is 4.32. The third kappa shape index (κ3) is 3.40. The summed E-state index contributed by atoms with van der Waals surface area (Å²) in [5.41, 5.74) is 1.99. The average molecular weight is 231 g/mol. The molecule has 2 nitrogen and oxygen atoms in total. The monoisotopic (exact) mass is 231 g/mol. The highest BCUT2D eigenvalue weighted by molar-refractivity contribution is 5.97. The van der Waals surface area contributed by atoms with Crippen LogP contribution < -0.4 is 0 Å². The van der Waals surface area contributed by atoms with Gasteiger partial charge in [-0.3, -0.25) is 4.79 Å². The Morgan fingerprint density at radius 3 is 2.59 bits per heavy atom. The fraction of sp³-hybridized carbons (Fsp3) is 0.533. The van der Waals surface area contributed by atoms with Gasteiger partial charge < -0.3 is 4.90 Å². The van der Waals surface area contributed by atoms with Crippen molar-refractivity contribution in [3.8, 4) is 0 Å². The molecule has 0 aromatic heterocycles. The van der Waals surface area contributed by atoms with Crippen LogP contribution in [0.2, 0.25) is 0 Å². The van der Waals surface area contributed by atoms with Crippen LogP contribution in [0.4, 0.5) is 0 Å². The van der Waals surface area contributed by atoms with E-state index in [4.69, 9.17) is 0 Å². The topological polar surface area (TPSA) is 20.3 Å². The molecule has 0 saturated carbocycles. The zero-order chi connectivity index (χ0) is 12.1. The minimum absolute atomic E-state index is 0.286. The Hall–Kier alpha value is -1.15. The lowest BCUT2D eigenvalue weighted by Gasteiger charge is -2.26. The molecule has 1 aliphatic rings. The number of nitrogens with zero attached hydrogens (tertiary/aromatic N) is 1. The normalized spacial score (nSPS) is 17.0. The van der Waals surface area contributed by atoms with E-state index in [0.717, 1.165) is 17.7 Å². The third-order valence-electron chi connectivity index (χ3n) is 3.55. The van der Waals surface area contributed by atoms with Gasteiger partial charge in [0.1, 0.15) is 0 Å². The van der Waals surface area contributed by atoms with E-state index in [-0.39, 0.29) is 5.78 Å². The minimum atomic E-state index is 0.286. The average Bonchev–Trinajstić information content (AvgIpc) is 2.38. The molecule has 2 heteroatoms. The minimum Gasteiger partial charge on any atom is -0.303 e. The Morgan fingerprint density at radius 2 is 1.88 bits per heavy atom. The number of benzene rings is 1. The van der Waals surface area contributed by atoms with Gasteiger partial charge in [0, 0.05) is 18.5 Å². The molecule has 1 saturated heterocycles. The van der Waals surface area contributed by atoms with Gasteiger partial charge in [0.05, 0.1) is 0 Å². The van der Waals surface area contributed by atoms with Crippen LogP contribution in [0.15, 0.2) is 24.3 Å². The predicted octanol–water partition coefficient (Wildman–Crippen LogP) is 3.05. The number of piperidine rings is 1. The molecule has 0 N–H and O–H groups in total. The summed E-state index contributed by atoms with van der Waals surface area (Å²) in [5, 5.41) is 0. The lowest BCUT2D eigenvalue weighted by molar-refractivity contribution is 0.0958. The van der Waals surface area contributed by atoms with Crippen molar-refractivity contribution < 1.29 is 4.79 Å². The first-order valence-corrected chi connectivity index (χ1v) is 6.58. The predicted molar refractivity (Wildman–Crippen MR) is 70.4 cm³/mol. The molecule has 0 radical (unpaired) electrons. The van der Waals surface area contributed by atoms with Gasteiger partial charge in [-0.2, -0.15) is 0 Å². The Bertz CT molecular complexity index is 380. The second-order valence-corrected chi connectivity index (χ2v) is 4.89. The van der Waals surface area contributed by atoms with Crippen molar-refractivity contribution in [2.75, 3.05) is 19.6 Å². The van der Waals surface area contributed by atoms with Crippen LogP contribution in [0, 0.1) is 6.92 Å². The molecule has 17 heavy (non-hydrogen) atoms. The number of likely N-dealkylation sites (tertiary alicyclic amines) is 1. The number of ketones is 1. The van der Waals surface area contributed by atoms with E-state index in [0.29, 0.717) is 6.42 Å². The van der Waals surface area contributed by atoms with Gasteiger partial charge >= 0.3 is 0 Å². The molecule has 92 valence electrons. The van der Waals surface area contributed by atoms with Crippen LogP contribution in [-0.2, 0) is 0 Å². The zero-order valence-corrected chi connectivity index (χ0v) is 10.6. The van der Waals surface area contributed by atoms with Crippen molar-refractivity contribution in [3.63, 3.8) is 0 Å². The molecule has 0 bridgehead atoms. The molecule has 1 aromatic carbocycles. The molecule has 0 aliphatic carbocycles. The molecule has 1 aliphatic heterocycles. The van der Waals surface area contributed by atoms with Gasteiger partial charge in [-0.05, 0) is 38.4 Å². The van der Waals surface area contributed by atoms with E-state index in [9.17, 15) is 4.79 Å². The van der Waals surface area contributed by atoms with E-state index in [1.807, 2.05) is 31.2 Å². The van der Waals surface area contributed by atoms with Crippen molar-refractivity contribution in [3.05, 3.63) is 35.4 Å². The molecular formula is C15H21NO. The SMILES string of the molecule is Cc1ccccc1C(=O)CCN1CCCCC1. The molecule has 1 fully saturated rings. The van der Waals surface area contributed by atoms with E-state index in [1.165, 1.54) is 32.4 Å². The van der Waals surface area contributed by atoms with Crippen LogP contribution in [0.1, 0.15) is 41.6 Å². The van der Waals surface area contributed by atoms with Crippen molar-refractivity contribution in [1.29, 1.82) is 0 Å². The highest BCUT2D eigenvalue weighted by atomic mass is 16.1. The third-order valence-corrected chi connectivity index (χ3v) is 3.55. The first-order valence-electron chi connectivity index (χ1n) is 6.58. The van der Waals surface area contributed by atoms with Crippen molar-refractivity contribution >= 4 is 5.78 Å². The number of hydrogen-bond donors (Lipinski definition) is 0. The van der Waals surface area contributed by atoms with Crippen LogP contribution in [-0.4, -0.2) is 30.3 Å². The van der Waals surface area contributed by atoms with Gasteiger partial charge in [0.25, 0.3) is 0 Å². The highest BCUT2D eigenvalue weighted by Gasteiger charge is 2.13. The van der Waals surface area contributed by atoms with Crippen LogP contribution in [0.25, 0.3) is 0 Å². The molecule has 0 amide bonds. The largest absolute Gasteiger partial charge is 0.303 e. The van der Waals surface area contributed by atoms with Gasteiger partial charge in [-0.25, -0.2) is 0 Å². The number of carbonyl (C=O) groups excluding carboxylic acids is 1. The van der Waals surface area contributed by atoms with Crippen LogP contribution in [0.3, 0.4) is 0 Å². The Morgan fingerprint density at radius 1 is 1.18 bits per heavy atom. The van der Waals surface area contributed by atoms with E-state index >= 15 is 0 Å². The van der Waals surface area contributed by atoms with Gasteiger partial charge in [0.15, 0.2) is 5.78 Å². The Labute approximate surface area is 104 Å². The Balaban J connectivity index is 1.87. The van der Waals surface area contributed by atoms with Crippen LogP contribution in [0.5, 0.6) is 0 Å². The molecule has 0 spiro atoms. The highest BCUT2D eigenvalue weighted by Crippen LogP contribution is 2.12. The number of hydrogen-bond acceptors (Lipinski definition) is 2. The van der Waals surface area contributed by atoms with E-state index in [1.54, 1.807) is 0 Å². The van der Waals surface area contributed by atoms with Crippen molar-refractivity contribution in [1.82, 2.24) is 4.90 Å². The molecular weight excluding hydrogens is 210 g/mol. The zero-order valence-electron chi connectivity index (χ0n) is 10.6. The quantitative estimate of drug-likeness (QED) is 0.742. The second kappa shape index (κ2) is 5.97. The summed E-state index contributed by atoms with van der Waals surface area (Å²) in [5.74, 6) is 0.286. The maximum atomic E-state index is 12.1. The van der Waals surface area contributed by atoms with E-state index in [2.05, 4.69) is 4.90 Å². The summed E-state index contributed by atoms with van der Waals surface area (Å²) in [7, 11) is 0. The van der Waals surface area contributed by atoms with E-state index < -0.39 is 0 Å². The molecule has 2 rings (SSSR count). The maximum Gasteiger partial charge on any atom is 0.164 e. The van der Waals surface area contributed by atoms with Crippen LogP contribution >= 0.6 is 0 Å². The first kappa shape index (κ1) is 12.3. The number of aryl methyl sites for hydroxylation is 1. The lowest BCUT2D eigenvalue weighted by Crippen LogP contribution is -2.31. The van der Waals surface area contributed by atoms with Crippen molar-refractivity contribution in [2.24, 2.45) is 0 Å². The smallest absolute Gasteiger partial charge is 0.164 e. The summed E-state index contributed by atoms with van der Waals surface area (Å²) in [6.07, 6.45) is 4.59. The summed E-state index contributed by atoms with van der Waals surface area (Å²) in [6.45, 7) is 5.27. The number of carbonyl (C=O) groups is 1. The lowest BCUT2D eigenvalue weighted by atomic mass is 10.0. The first-order chi connectivity index (χ1) is 8.27.